The van der Waals surface area contributed by atoms with Gasteiger partial charge in [-0.3, -0.25) is 4.79 Å². The number of ether oxygens (including phenoxy) is 1. The van der Waals surface area contributed by atoms with Crippen LogP contribution in [-0.4, -0.2) is 13.1 Å². The maximum atomic E-state index is 10.9. The Kier molecular flexibility index (Phi) is 1.44. The molecule has 1 aliphatic carbocycles. The molecule has 0 aromatic carbocycles. The molecule has 0 amide bonds. The van der Waals surface area contributed by atoms with Crippen LogP contribution in [0.5, 0.6) is 0 Å². The second-order valence-corrected chi connectivity index (χ2v) is 2.83. The molecule has 0 bridgehead atoms. The minimum atomic E-state index is -0.372. The van der Waals surface area contributed by atoms with Gasteiger partial charge in [-0.25, -0.2) is 0 Å². The number of esters is 1. The molecule has 0 heterocycles. The molecule has 54 valence electrons. The first-order chi connectivity index (χ1) is 4.65. The van der Waals surface area contributed by atoms with Gasteiger partial charge in [-0.1, -0.05) is 0 Å². The standard InChI is InChI=1S/C8H10O2/c1-4-6-5-8(6,2)7(9)10-3/h1,6H,5H2,2-3H3/t6-,8+/m1/s1. The van der Waals surface area contributed by atoms with Crippen LogP contribution in [0.1, 0.15) is 13.3 Å². The molecule has 0 N–H and O–H groups in total. The van der Waals surface area contributed by atoms with Crippen molar-refractivity contribution in [3.05, 3.63) is 0 Å². The van der Waals surface area contributed by atoms with Crippen LogP contribution in [0, 0.1) is 23.7 Å². The van der Waals surface area contributed by atoms with Gasteiger partial charge in [0.05, 0.1) is 12.5 Å². The molecule has 0 aromatic rings. The van der Waals surface area contributed by atoms with E-state index in [4.69, 9.17) is 6.42 Å². The van der Waals surface area contributed by atoms with E-state index in [0.717, 1.165) is 6.42 Å². The lowest BCUT2D eigenvalue weighted by Gasteiger charge is -2.04. The first-order valence-electron chi connectivity index (χ1n) is 3.19. The Balaban J connectivity index is 2.60. The number of hydrogen-bond donors (Lipinski definition) is 0. The largest absolute Gasteiger partial charge is 0.469 e. The minimum Gasteiger partial charge on any atom is -0.469 e. The van der Waals surface area contributed by atoms with Gasteiger partial charge in [-0.05, 0) is 13.3 Å². The molecule has 1 aliphatic rings. The number of terminal acetylenes is 1. The summed E-state index contributed by atoms with van der Waals surface area (Å²) in [7, 11) is 1.39. The average Bonchev–Trinajstić information content (AvgIpc) is 2.61. The van der Waals surface area contributed by atoms with Gasteiger partial charge in [0.15, 0.2) is 0 Å². The molecule has 2 nitrogen and oxygen atoms in total. The van der Waals surface area contributed by atoms with Crippen LogP contribution in [-0.2, 0) is 9.53 Å². The van der Waals surface area contributed by atoms with Crippen LogP contribution >= 0.6 is 0 Å². The lowest BCUT2D eigenvalue weighted by molar-refractivity contribution is -0.146. The maximum Gasteiger partial charge on any atom is 0.312 e. The molecule has 2 heteroatoms. The molecule has 0 unspecified atom stereocenters. The van der Waals surface area contributed by atoms with Gasteiger partial charge in [0.2, 0.25) is 0 Å². The summed E-state index contributed by atoms with van der Waals surface area (Å²) in [6, 6.07) is 0. The highest BCUT2D eigenvalue weighted by molar-refractivity contribution is 5.80. The lowest BCUT2D eigenvalue weighted by atomic mass is 10.1. The van der Waals surface area contributed by atoms with Crippen LogP contribution in [0.15, 0.2) is 0 Å². The summed E-state index contributed by atoms with van der Waals surface area (Å²) in [5.74, 6) is 2.46. The highest BCUT2D eigenvalue weighted by atomic mass is 16.5. The lowest BCUT2D eigenvalue weighted by Crippen LogP contribution is -2.15. The fraction of sp³-hybridized carbons (Fsp3) is 0.625. The third-order valence-corrected chi connectivity index (χ3v) is 2.09. The average molecular weight is 138 g/mol. The fourth-order valence-electron chi connectivity index (χ4n) is 1.07. The Hall–Kier alpha value is -0.970. The van der Waals surface area contributed by atoms with Crippen LogP contribution in [0.4, 0.5) is 0 Å². The van der Waals surface area contributed by atoms with Crippen molar-refractivity contribution in [3.63, 3.8) is 0 Å². The Morgan fingerprint density at radius 2 is 2.50 bits per heavy atom. The Morgan fingerprint density at radius 3 is 2.80 bits per heavy atom. The van der Waals surface area contributed by atoms with E-state index in [9.17, 15) is 4.79 Å². The van der Waals surface area contributed by atoms with Crippen LogP contribution in [0.25, 0.3) is 0 Å². The van der Waals surface area contributed by atoms with Gasteiger partial charge < -0.3 is 4.74 Å². The van der Waals surface area contributed by atoms with Crippen molar-refractivity contribution in [2.75, 3.05) is 7.11 Å². The number of hydrogen-bond acceptors (Lipinski definition) is 2. The van der Waals surface area contributed by atoms with Gasteiger partial charge in [-0.15, -0.1) is 12.3 Å². The zero-order valence-electron chi connectivity index (χ0n) is 6.18. The van der Waals surface area contributed by atoms with E-state index in [1.165, 1.54) is 7.11 Å². The Bertz CT molecular complexity index is 202. The zero-order chi connectivity index (χ0) is 7.78. The molecular weight excluding hydrogens is 128 g/mol. The van der Waals surface area contributed by atoms with Crippen LogP contribution in [0.3, 0.4) is 0 Å². The Morgan fingerprint density at radius 1 is 1.90 bits per heavy atom. The maximum absolute atomic E-state index is 10.9. The minimum absolute atomic E-state index is 0.0972. The van der Waals surface area contributed by atoms with E-state index in [1.54, 1.807) is 0 Å². The van der Waals surface area contributed by atoms with Gasteiger partial charge >= 0.3 is 5.97 Å². The smallest absolute Gasteiger partial charge is 0.312 e. The van der Waals surface area contributed by atoms with E-state index >= 15 is 0 Å². The number of carbonyl (C=O) groups is 1. The first-order valence-corrected chi connectivity index (χ1v) is 3.19. The molecule has 0 radical (unpaired) electrons. The van der Waals surface area contributed by atoms with E-state index in [-0.39, 0.29) is 17.3 Å². The van der Waals surface area contributed by atoms with E-state index < -0.39 is 0 Å². The van der Waals surface area contributed by atoms with Gasteiger partial charge in [-0.2, -0.15) is 0 Å². The van der Waals surface area contributed by atoms with Gasteiger partial charge in [0.1, 0.15) is 0 Å². The third kappa shape index (κ3) is 0.786. The SMILES string of the molecule is C#C[C@@H]1C[C@]1(C)C(=O)OC. The summed E-state index contributed by atoms with van der Waals surface area (Å²) < 4.78 is 4.57. The highest BCUT2D eigenvalue weighted by Crippen LogP contribution is 2.52. The molecule has 0 aromatic heterocycles. The van der Waals surface area contributed by atoms with Crippen molar-refractivity contribution in [1.82, 2.24) is 0 Å². The zero-order valence-corrected chi connectivity index (χ0v) is 6.18. The third-order valence-electron chi connectivity index (χ3n) is 2.09. The van der Waals surface area contributed by atoms with Crippen molar-refractivity contribution in [2.45, 2.75) is 13.3 Å². The summed E-state index contributed by atoms with van der Waals surface area (Å²) in [6.45, 7) is 1.84. The van der Waals surface area contributed by atoms with Gasteiger partial charge in [0, 0.05) is 5.92 Å². The molecule has 1 rings (SSSR count). The molecule has 0 saturated heterocycles. The van der Waals surface area contributed by atoms with Crippen LogP contribution in [0.2, 0.25) is 0 Å². The summed E-state index contributed by atoms with van der Waals surface area (Å²) in [5.41, 5.74) is -0.372. The summed E-state index contributed by atoms with van der Waals surface area (Å²) in [4.78, 5) is 10.9. The van der Waals surface area contributed by atoms with Crippen molar-refractivity contribution < 1.29 is 9.53 Å². The molecule has 1 fully saturated rings. The van der Waals surface area contributed by atoms with Crippen molar-refractivity contribution >= 4 is 5.97 Å². The summed E-state index contributed by atoms with van der Waals surface area (Å²) >= 11 is 0. The highest BCUT2D eigenvalue weighted by Gasteiger charge is 2.56. The number of rotatable bonds is 1. The Labute approximate surface area is 60.6 Å². The van der Waals surface area contributed by atoms with Crippen LogP contribution < -0.4 is 0 Å². The molecular formula is C8H10O2. The molecule has 0 aliphatic heterocycles. The normalized spacial score (nSPS) is 36.3. The fourth-order valence-corrected chi connectivity index (χ4v) is 1.07. The predicted octanol–water partition coefficient (Wildman–Crippen LogP) is 0.819. The van der Waals surface area contributed by atoms with Gasteiger partial charge in [0.25, 0.3) is 0 Å². The molecule has 2 atom stereocenters. The summed E-state index contributed by atoms with van der Waals surface area (Å²) in [5, 5.41) is 0. The number of carbonyl (C=O) groups excluding carboxylic acids is 1. The second kappa shape index (κ2) is 2.02. The monoisotopic (exact) mass is 138 g/mol. The van der Waals surface area contributed by atoms with Crippen molar-refractivity contribution in [3.8, 4) is 12.3 Å². The van der Waals surface area contributed by atoms with Crippen molar-refractivity contribution in [1.29, 1.82) is 0 Å². The summed E-state index contributed by atoms with van der Waals surface area (Å²) in [6.07, 6.45) is 5.92. The van der Waals surface area contributed by atoms with E-state index in [1.807, 2.05) is 6.92 Å². The predicted molar refractivity (Wildman–Crippen MR) is 37.1 cm³/mol. The van der Waals surface area contributed by atoms with E-state index in [2.05, 4.69) is 10.7 Å². The number of methoxy groups -OCH3 is 1. The molecule has 10 heavy (non-hydrogen) atoms. The van der Waals surface area contributed by atoms with E-state index in [0.29, 0.717) is 0 Å². The van der Waals surface area contributed by atoms with Crippen molar-refractivity contribution in [2.24, 2.45) is 11.3 Å². The molecule has 1 saturated carbocycles. The quantitative estimate of drug-likeness (QED) is 0.396. The first kappa shape index (κ1) is 7.14. The molecule has 0 spiro atoms. The topological polar surface area (TPSA) is 26.3 Å². The second-order valence-electron chi connectivity index (χ2n) is 2.83.